The molecule has 2 rings (SSSR count). The first-order chi connectivity index (χ1) is 12.3. The van der Waals surface area contributed by atoms with Gasteiger partial charge in [0.1, 0.15) is 0 Å². The van der Waals surface area contributed by atoms with E-state index < -0.39 is 5.41 Å². The molecule has 144 valence electrons. The second-order valence-electron chi connectivity index (χ2n) is 7.38. The Labute approximate surface area is 161 Å². The number of anilines is 2. The molecule has 1 aromatic carbocycles. The number of carbonyl (C=O) groups is 2. The number of rotatable bonds is 7. The SMILES string of the molecule is CCN(CC)C(=O)c1cc(NC(=O)C(C)(C)CCl)ccc1N1CCCC1. The molecule has 1 N–H and O–H groups in total. The number of hydrogen-bond acceptors (Lipinski definition) is 3. The van der Waals surface area contributed by atoms with Crippen LogP contribution in [0, 0.1) is 5.41 Å². The molecular formula is C20H30ClN3O2. The van der Waals surface area contributed by atoms with Crippen molar-refractivity contribution in [1.29, 1.82) is 0 Å². The number of carbonyl (C=O) groups excluding carboxylic acids is 2. The fourth-order valence-corrected chi connectivity index (χ4v) is 3.18. The molecule has 0 atom stereocenters. The van der Waals surface area contributed by atoms with Crippen molar-refractivity contribution in [2.24, 2.45) is 5.41 Å². The highest BCUT2D eigenvalue weighted by Gasteiger charge is 2.28. The van der Waals surface area contributed by atoms with Crippen LogP contribution in [0.3, 0.4) is 0 Å². The Kier molecular flexibility index (Phi) is 6.93. The smallest absolute Gasteiger partial charge is 0.256 e. The molecule has 0 saturated carbocycles. The Hall–Kier alpha value is -1.75. The molecule has 1 aromatic rings. The van der Waals surface area contributed by atoms with Crippen LogP contribution < -0.4 is 10.2 Å². The molecule has 0 radical (unpaired) electrons. The zero-order valence-electron chi connectivity index (χ0n) is 16.3. The largest absolute Gasteiger partial charge is 0.371 e. The van der Waals surface area contributed by atoms with Crippen LogP contribution in [-0.4, -0.2) is 48.8 Å². The normalized spacial score (nSPS) is 14.4. The number of halogens is 1. The average molecular weight is 380 g/mol. The van der Waals surface area contributed by atoms with Gasteiger partial charge in [-0.15, -0.1) is 11.6 Å². The van der Waals surface area contributed by atoms with Crippen LogP contribution in [0.15, 0.2) is 18.2 Å². The van der Waals surface area contributed by atoms with Crippen molar-refractivity contribution >= 4 is 34.8 Å². The van der Waals surface area contributed by atoms with E-state index in [2.05, 4.69) is 10.2 Å². The summed E-state index contributed by atoms with van der Waals surface area (Å²) in [4.78, 5) is 29.5. The zero-order chi connectivity index (χ0) is 19.3. The van der Waals surface area contributed by atoms with Crippen LogP contribution in [-0.2, 0) is 4.79 Å². The van der Waals surface area contributed by atoms with E-state index in [1.54, 1.807) is 19.9 Å². The number of nitrogens with one attached hydrogen (secondary N) is 1. The van der Waals surface area contributed by atoms with Crippen molar-refractivity contribution in [2.45, 2.75) is 40.5 Å². The molecule has 1 aliphatic rings. The molecule has 1 fully saturated rings. The lowest BCUT2D eigenvalue weighted by molar-refractivity contribution is -0.122. The predicted molar refractivity (Wildman–Crippen MR) is 108 cm³/mol. The molecule has 1 heterocycles. The van der Waals surface area contributed by atoms with Crippen molar-refractivity contribution in [2.75, 3.05) is 42.3 Å². The molecule has 0 spiro atoms. The van der Waals surface area contributed by atoms with Crippen molar-refractivity contribution in [3.8, 4) is 0 Å². The maximum atomic E-state index is 13.0. The Morgan fingerprint density at radius 2 is 1.81 bits per heavy atom. The second kappa shape index (κ2) is 8.76. The van der Waals surface area contributed by atoms with Gasteiger partial charge in [0.2, 0.25) is 5.91 Å². The third kappa shape index (κ3) is 4.50. The zero-order valence-corrected chi connectivity index (χ0v) is 17.0. The van der Waals surface area contributed by atoms with Gasteiger partial charge in [0.05, 0.1) is 11.0 Å². The van der Waals surface area contributed by atoms with Crippen molar-refractivity contribution in [3.05, 3.63) is 23.8 Å². The first-order valence-electron chi connectivity index (χ1n) is 9.39. The van der Waals surface area contributed by atoms with E-state index in [0.717, 1.165) is 31.6 Å². The fourth-order valence-electron chi connectivity index (χ4n) is 3.06. The standard InChI is InChI=1S/C20H30ClN3O2/c1-5-23(6-2)18(25)16-13-15(22-19(26)20(3,4)14-21)9-10-17(16)24-11-7-8-12-24/h9-10,13H,5-8,11-12,14H2,1-4H3,(H,22,26). The molecule has 6 heteroatoms. The summed E-state index contributed by atoms with van der Waals surface area (Å²) >= 11 is 5.90. The van der Waals surface area contributed by atoms with Crippen LogP contribution >= 0.6 is 11.6 Å². The van der Waals surface area contributed by atoms with E-state index >= 15 is 0 Å². The summed E-state index contributed by atoms with van der Waals surface area (Å²) in [7, 11) is 0. The summed E-state index contributed by atoms with van der Waals surface area (Å²) in [6, 6.07) is 5.62. The molecule has 0 aliphatic carbocycles. The summed E-state index contributed by atoms with van der Waals surface area (Å²) in [5.74, 6) is 0.0860. The van der Waals surface area contributed by atoms with Crippen LogP contribution in [0.5, 0.6) is 0 Å². The number of nitrogens with zero attached hydrogens (tertiary/aromatic N) is 2. The third-order valence-electron chi connectivity index (χ3n) is 4.93. The van der Waals surface area contributed by atoms with E-state index in [4.69, 9.17) is 11.6 Å². The van der Waals surface area contributed by atoms with E-state index in [1.807, 2.05) is 30.9 Å². The van der Waals surface area contributed by atoms with E-state index in [-0.39, 0.29) is 17.7 Å². The number of amides is 2. The molecule has 5 nitrogen and oxygen atoms in total. The van der Waals surface area contributed by atoms with Gasteiger partial charge in [0, 0.05) is 43.4 Å². The Morgan fingerprint density at radius 3 is 2.35 bits per heavy atom. The highest BCUT2D eigenvalue weighted by atomic mass is 35.5. The van der Waals surface area contributed by atoms with Gasteiger partial charge in [-0.1, -0.05) is 0 Å². The lowest BCUT2D eigenvalue weighted by atomic mass is 9.95. The van der Waals surface area contributed by atoms with Gasteiger partial charge < -0.3 is 15.1 Å². The Balaban J connectivity index is 2.37. The predicted octanol–water partition coefficient (Wildman–Crippen LogP) is 3.97. The quantitative estimate of drug-likeness (QED) is 0.729. The van der Waals surface area contributed by atoms with Gasteiger partial charge in [-0.05, 0) is 58.7 Å². The molecule has 0 unspecified atom stereocenters. The number of alkyl halides is 1. The van der Waals surface area contributed by atoms with Crippen molar-refractivity contribution in [1.82, 2.24) is 4.90 Å². The van der Waals surface area contributed by atoms with Gasteiger partial charge in [-0.2, -0.15) is 0 Å². The van der Waals surface area contributed by atoms with Gasteiger partial charge in [-0.3, -0.25) is 9.59 Å². The number of hydrogen-bond donors (Lipinski definition) is 1. The minimum atomic E-state index is -0.668. The third-order valence-corrected chi connectivity index (χ3v) is 5.60. The minimum Gasteiger partial charge on any atom is -0.371 e. The van der Waals surface area contributed by atoms with Gasteiger partial charge in [-0.25, -0.2) is 0 Å². The summed E-state index contributed by atoms with van der Waals surface area (Å²) in [5, 5.41) is 2.91. The second-order valence-corrected chi connectivity index (χ2v) is 7.64. The van der Waals surface area contributed by atoms with E-state index in [9.17, 15) is 9.59 Å². The first-order valence-corrected chi connectivity index (χ1v) is 9.93. The summed E-state index contributed by atoms with van der Waals surface area (Å²) in [6.07, 6.45) is 2.28. The van der Waals surface area contributed by atoms with Crippen LogP contribution in [0.2, 0.25) is 0 Å². The monoisotopic (exact) mass is 379 g/mol. The molecule has 0 aromatic heterocycles. The topological polar surface area (TPSA) is 52.7 Å². The highest BCUT2D eigenvalue weighted by Crippen LogP contribution is 2.29. The summed E-state index contributed by atoms with van der Waals surface area (Å²) in [5.41, 5.74) is 1.57. The number of benzene rings is 1. The molecule has 0 bridgehead atoms. The maximum absolute atomic E-state index is 13.0. The van der Waals surface area contributed by atoms with Gasteiger partial charge in [0.15, 0.2) is 0 Å². The van der Waals surface area contributed by atoms with Crippen molar-refractivity contribution in [3.63, 3.8) is 0 Å². The van der Waals surface area contributed by atoms with Gasteiger partial charge in [0.25, 0.3) is 5.91 Å². The molecule has 26 heavy (non-hydrogen) atoms. The molecular weight excluding hydrogens is 350 g/mol. The van der Waals surface area contributed by atoms with Crippen LogP contribution in [0.4, 0.5) is 11.4 Å². The van der Waals surface area contributed by atoms with Crippen LogP contribution in [0.1, 0.15) is 50.9 Å². The average Bonchev–Trinajstić information content (AvgIpc) is 3.17. The minimum absolute atomic E-state index is 0.00426. The lowest BCUT2D eigenvalue weighted by Crippen LogP contribution is -2.33. The van der Waals surface area contributed by atoms with Crippen LogP contribution in [0.25, 0.3) is 0 Å². The molecule has 2 amide bonds. The summed E-state index contributed by atoms with van der Waals surface area (Å²) < 4.78 is 0. The summed E-state index contributed by atoms with van der Waals surface area (Å²) in [6.45, 7) is 10.8. The van der Waals surface area contributed by atoms with E-state index in [0.29, 0.717) is 24.3 Å². The Morgan fingerprint density at radius 1 is 1.19 bits per heavy atom. The first kappa shape index (κ1) is 20.6. The van der Waals surface area contributed by atoms with E-state index in [1.165, 1.54) is 0 Å². The fraction of sp³-hybridized carbons (Fsp3) is 0.600. The Bertz CT molecular complexity index is 650. The maximum Gasteiger partial charge on any atom is 0.256 e. The molecule has 1 saturated heterocycles. The van der Waals surface area contributed by atoms with Crippen molar-refractivity contribution < 1.29 is 9.59 Å². The molecule has 1 aliphatic heterocycles. The lowest BCUT2D eigenvalue weighted by Gasteiger charge is -2.26. The highest BCUT2D eigenvalue weighted by molar-refractivity contribution is 6.20. The van der Waals surface area contributed by atoms with Gasteiger partial charge >= 0.3 is 0 Å².